The number of allylic oxidation sites excluding steroid dienone is 3. The molecule has 43 heavy (non-hydrogen) atoms. The van der Waals surface area contributed by atoms with Gasteiger partial charge in [-0.25, -0.2) is 27.5 Å². The Balaban J connectivity index is 0.00000180. The molecule has 230 valence electrons. The van der Waals surface area contributed by atoms with Crippen LogP contribution < -0.4 is 10.9 Å². The third-order valence-corrected chi connectivity index (χ3v) is 10.8. The monoisotopic (exact) mass is 616 g/mol. The van der Waals surface area contributed by atoms with Crippen LogP contribution in [0, 0.1) is 12.7 Å². The molecule has 0 aliphatic heterocycles. The standard InChI is InChI=1S/C30H30F4N4O2S.C2H6/c1-16-35-12-17(13-36-16)29-14-30(15-29,28(29,2)34)26-10-20-21(7-19(33)8-22(20)27(39)38(26)3)24(11-31)37-23-6-5-18(32)9-25(23)41(4)40;1-2/h5-8,10,12-13,24-25,37H,9,11,14-15H2,1-4H3;1-2H3/t24-,25?,28?,29?,30?,41?;/m1./s1. The summed E-state index contributed by atoms with van der Waals surface area (Å²) in [5.74, 6) is -0.583. The Morgan fingerprint density at radius 1 is 1.09 bits per heavy atom. The Kier molecular flexibility index (Phi) is 7.94. The van der Waals surface area contributed by atoms with E-state index in [1.807, 2.05) is 13.8 Å². The first kappa shape index (κ1) is 31.1. The molecule has 2 bridgehead atoms. The van der Waals surface area contributed by atoms with Crippen molar-refractivity contribution in [2.75, 3.05) is 12.9 Å². The molecule has 0 radical (unpaired) electrons. The van der Waals surface area contributed by atoms with Gasteiger partial charge in [-0.3, -0.25) is 9.00 Å². The molecule has 3 unspecified atom stereocenters. The van der Waals surface area contributed by atoms with Gasteiger partial charge in [-0.1, -0.05) is 13.8 Å². The van der Waals surface area contributed by atoms with E-state index < -0.39 is 62.5 Å². The molecule has 3 saturated carbocycles. The van der Waals surface area contributed by atoms with Crippen LogP contribution >= 0.6 is 0 Å². The molecular weight excluding hydrogens is 580 g/mol. The molecule has 1 aromatic carbocycles. The van der Waals surface area contributed by atoms with E-state index in [2.05, 4.69) is 15.3 Å². The first-order valence-electron chi connectivity index (χ1n) is 14.4. The average Bonchev–Trinajstić information content (AvgIpc) is 2.96. The van der Waals surface area contributed by atoms with Gasteiger partial charge in [-0.2, -0.15) is 0 Å². The van der Waals surface area contributed by atoms with Crippen LogP contribution in [-0.4, -0.2) is 42.6 Å². The summed E-state index contributed by atoms with van der Waals surface area (Å²) >= 11 is 0. The lowest BCUT2D eigenvalue weighted by molar-refractivity contribution is -0.246. The largest absolute Gasteiger partial charge is 0.378 e. The van der Waals surface area contributed by atoms with E-state index in [4.69, 9.17) is 0 Å². The molecule has 11 heteroatoms. The van der Waals surface area contributed by atoms with Crippen molar-refractivity contribution in [3.8, 4) is 0 Å². The molecule has 2 aromatic heterocycles. The summed E-state index contributed by atoms with van der Waals surface area (Å²) in [6.45, 7) is 6.30. The van der Waals surface area contributed by atoms with Gasteiger partial charge < -0.3 is 9.88 Å². The normalized spacial score (nSPS) is 28.8. The number of aromatic nitrogens is 3. The fraction of sp³-hybridized carbons (Fsp3) is 0.469. The zero-order valence-electron chi connectivity index (χ0n) is 25.1. The number of halogens is 4. The number of fused-ring (bicyclic) bond motifs is 1. The van der Waals surface area contributed by atoms with E-state index in [0.717, 1.165) is 12.1 Å². The number of pyridine rings is 1. The molecule has 6 nitrogen and oxygen atoms in total. The summed E-state index contributed by atoms with van der Waals surface area (Å²) < 4.78 is 73.7. The van der Waals surface area contributed by atoms with E-state index in [9.17, 15) is 22.2 Å². The van der Waals surface area contributed by atoms with Crippen LogP contribution in [0.1, 0.15) is 68.7 Å². The molecule has 0 spiro atoms. The lowest BCUT2D eigenvalue weighted by Gasteiger charge is -2.78. The van der Waals surface area contributed by atoms with Crippen molar-refractivity contribution in [3.05, 3.63) is 93.1 Å². The Bertz CT molecular complexity index is 1730. The van der Waals surface area contributed by atoms with Crippen molar-refractivity contribution in [1.82, 2.24) is 19.9 Å². The highest BCUT2D eigenvalue weighted by Crippen LogP contribution is 2.80. The maximum absolute atomic E-state index is 16.6. The molecule has 4 aliphatic carbocycles. The summed E-state index contributed by atoms with van der Waals surface area (Å²) in [5, 5.41) is 2.61. The first-order chi connectivity index (χ1) is 20.3. The second-order valence-electron chi connectivity index (χ2n) is 11.7. The van der Waals surface area contributed by atoms with Gasteiger partial charge in [0.15, 0.2) is 0 Å². The van der Waals surface area contributed by atoms with Crippen molar-refractivity contribution in [3.63, 3.8) is 0 Å². The summed E-state index contributed by atoms with van der Waals surface area (Å²) in [6.07, 6.45) is 8.13. The SMILES string of the molecule is CC.Cc1ncc(C23CC(c4cc5c([C@@H](CF)NC6=CC=C(F)CC6S(C)=O)cc(F)cc5c(=O)n4C)(C2)C3(C)F)cn1. The van der Waals surface area contributed by atoms with E-state index in [0.29, 0.717) is 41.0 Å². The highest BCUT2D eigenvalue weighted by atomic mass is 32.2. The van der Waals surface area contributed by atoms with Crippen molar-refractivity contribution in [1.29, 1.82) is 0 Å². The van der Waals surface area contributed by atoms with Crippen LogP contribution in [0.15, 0.2) is 59.1 Å². The number of hydrogen-bond donors (Lipinski definition) is 1. The number of alkyl halides is 2. The highest BCUT2D eigenvalue weighted by Gasteiger charge is 2.85. The molecule has 3 aromatic rings. The van der Waals surface area contributed by atoms with Gasteiger partial charge in [0.05, 0.1) is 16.7 Å². The fourth-order valence-electron chi connectivity index (χ4n) is 7.15. The average molecular weight is 617 g/mol. The van der Waals surface area contributed by atoms with Crippen LogP contribution in [-0.2, 0) is 28.7 Å². The predicted molar refractivity (Wildman–Crippen MR) is 161 cm³/mol. The minimum absolute atomic E-state index is 0.0412. The molecule has 4 aliphatic rings. The van der Waals surface area contributed by atoms with Crippen LogP contribution in [0.5, 0.6) is 0 Å². The molecule has 2 heterocycles. The number of nitrogens with one attached hydrogen (secondary N) is 1. The second-order valence-corrected chi connectivity index (χ2v) is 13.2. The minimum Gasteiger partial charge on any atom is -0.378 e. The molecule has 3 fully saturated rings. The predicted octanol–water partition coefficient (Wildman–Crippen LogP) is 6.00. The minimum atomic E-state index is -1.71. The van der Waals surface area contributed by atoms with Crippen molar-refractivity contribution < 1.29 is 21.8 Å². The quantitative estimate of drug-likeness (QED) is 0.330. The third-order valence-electron chi connectivity index (χ3n) is 9.62. The lowest BCUT2D eigenvalue weighted by atomic mass is 9.25. The molecule has 0 saturated heterocycles. The maximum Gasteiger partial charge on any atom is 0.258 e. The van der Waals surface area contributed by atoms with E-state index in [-0.39, 0.29) is 17.4 Å². The molecular formula is C32H36F4N4O2S. The molecule has 7 rings (SSSR count). The number of rotatable bonds is 7. The van der Waals surface area contributed by atoms with E-state index in [1.165, 1.54) is 29.9 Å². The van der Waals surface area contributed by atoms with Crippen LogP contribution in [0.25, 0.3) is 10.8 Å². The lowest BCUT2D eigenvalue weighted by Crippen LogP contribution is -2.85. The van der Waals surface area contributed by atoms with Gasteiger partial charge in [0.2, 0.25) is 0 Å². The third kappa shape index (κ3) is 4.48. The summed E-state index contributed by atoms with van der Waals surface area (Å²) in [4.78, 5) is 22.1. The molecule has 0 amide bonds. The summed E-state index contributed by atoms with van der Waals surface area (Å²) in [6, 6.07) is 2.81. The van der Waals surface area contributed by atoms with Gasteiger partial charge in [0.1, 0.15) is 29.8 Å². The van der Waals surface area contributed by atoms with Gasteiger partial charge >= 0.3 is 0 Å². The Morgan fingerprint density at radius 2 is 1.74 bits per heavy atom. The van der Waals surface area contributed by atoms with Crippen molar-refractivity contribution in [2.45, 2.75) is 74.7 Å². The van der Waals surface area contributed by atoms with Gasteiger partial charge in [-0.15, -0.1) is 0 Å². The van der Waals surface area contributed by atoms with E-state index in [1.54, 1.807) is 32.4 Å². The Hall–Kier alpha value is -3.34. The number of hydrogen-bond acceptors (Lipinski definition) is 5. The maximum atomic E-state index is 16.6. The Morgan fingerprint density at radius 3 is 2.33 bits per heavy atom. The van der Waals surface area contributed by atoms with Crippen LogP contribution in [0.2, 0.25) is 0 Å². The number of benzene rings is 1. The topological polar surface area (TPSA) is 76.9 Å². The molecule has 1 N–H and O–H groups in total. The van der Waals surface area contributed by atoms with Crippen molar-refractivity contribution in [2.24, 2.45) is 7.05 Å². The Labute approximate surface area is 250 Å². The van der Waals surface area contributed by atoms with Crippen molar-refractivity contribution >= 4 is 21.6 Å². The fourth-order valence-corrected chi connectivity index (χ4v) is 8.05. The zero-order chi connectivity index (χ0) is 31.5. The number of aryl methyl sites for hydroxylation is 1. The van der Waals surface area contributed by atoms with Gasteiger partial charge in [-0.05, 0) is 73.6 Å². The van der Waals surface area contributed by atoms with Crippen LogP contribution in [0.4, 0.5) is 17.6 Å². The van der Waals surface area contributed by atoms with E-state index >= 15 is 4.39 Å². The smallest absolute Gasteiger partial charge is 0.258 e. The highest BCUT2D eigenvalue weighted by molar-refractivity contribution is 7.85. The summed E-state index contributed by atoms with van der Waals surface area (Å²) in [7, 11) is 0.0795. The summed E-state index contributed by atoms with van der Waals surface area (Å²) in [5.41, 5.74) is -2.28. The molecule has 4 atom stereocenters. The second kappa shape index (κ2) is 11.0. The van der Waals surface area contributed by atoms with Gasteiger partial charge in [0, 0.05) is 65.1 Å². The van der Waals surface area contributed by atoms with Crippen LogP contribution in [0.3, 0.4) is 0 Å². The first-order valence-corrected chi connectivity index (χ1v) is 16.0. The van der Waals surface area contributed by atoms with Gasteiger partial charge in [0.25, 0.3) is 5.56 Å². The number of nitrogens with zero attached hydrogens (tertiary/aromatic N) is 3. The zero-order valence-corrected chi connectivity index (χ0v) is 25.9.